The van der Waals surface area contributed by atoms with Crippen molar-refractivity contribution in [1.29, 1.82) is 0 Å². The molecule has 1 heterocycles. The van der Waals surface area contributed by atoms with Crippen molar-refractivity contribution in [3.8, 4) is 0 Å². The fourth-order valence-corrected chi connectivity index (χ4v) is 2.68. The monoisotopic (exact) mass is 341 g/mol. The molecule has 0 aliphatic heterocycles. The van der Waals surface area contributed by atoms with Crippen LogP contribution in [0.4, 0.5) is 11.5 Å². The second kappa shape index (κ2) is 8.58. The molecule has 134 valence electrons. The summed E-state index contributed by atoms with van der Waals surface area (Å²) in [7, 11) is 0. The van der Waals surface area contributed by atoms with Gasteiger partial charge in [0.2, 0.25) is 0 Å². The zero-order valence-electron chi connectivity index (χ0n) is 15.2. The topological polar surface area (TPSA) is 107 Å². The van der Waals surface area contributed by atoms with Gasteiger partial charge in [-0.05, 0) is 43.0 Å². The molecule has 2 aromatic rings. The van der Waals surface area contributed by atoms with Crippen molar-refractivity contribution in [3.05, 3.63) is 46.9 Å². The van der Waals surface area contributed by atoms with E-state index in [0.717, 1.165) is 35.5 Å². The molecular weight excluding hydrogens is 314 g/mol. The Labute approximate surface area is 149 Å². The minimum absolute atomic E-state index is 0.175. The fraction of sp³-hybridized carbons (Fsp3) is 0.421. The van der Waals surface area contributed by atoms with Crippen LogP contribution in [0.5, 0.6) is 0 Å². The number of primary amides is 1. The van der Waals surface area contributed by atoms with Gasteiger partial charge in [-0.15, -0.1) is 0 Å². The third kappa shape index (κ3) is 4.54. The van der Waals surface area contributed by atoms with Crippen LogP contribution in [0.25, 0.3) is 0 Å². The summed E-state index contributed by atoms with van der Waals surface area (Å²) in [5.41, 5.74) is 15.1. The molecule has 1 atom stereocenters. The number of anilines is 2. The van der Waals surface area contributed by atoms with Crippen LogP contribution in [0.2, 0.25) is 0 Å². The molecule has 0 radical (unpaired) electrons. The summed E-state index contributed by atoms with van der Waals surface area (Å²) < 4.78 is 0. The van der Waals surface area contributed by atoms with Crippen molar-refractivity contribution in [2.45, 2.75) is 46.0 Å². The molecule has 0 fully saturated rings. The van der Waals surface area contributed by atoms with Gasteiger partial charge in [-0.25, -0.2) is 9.97 Å². The third-order valence-electron chi connectivity index (χ3n) is 4.18. The molecule has 1 aromatic heterocycles. The molecule has 5 N–H and O–H groups in total. The number of benzene rings is 1. The minimum Gasteiger partial charge on any atom is -0.364 e. The second-order valence-electron chi connectivity index (χ2n) is 6.17. The summed E-state index contributed by atoms with van der Waals surface area (Å²) in [5, 5.41) is 3.21. The molecule has 1 aromatic carbocycles. The van der Waals surface area contributed by atoms with Crippen molar-refractivity contribution >= 4 is 17.4 Å². The molecule has 1 amide bonds. The summed E-state index contributed by atoms with van der Waals surface area (Å²) in [6, 6.07) is 7.92. The van der Waals surface area contributed by atoms with Gasteiger partial charge in [0.15, 0.2) is 11.5 Å². The first-order valence-electron chi connectivity index (χ1n) is 8.76. The lowest BCUT2D eigenvalue weighted by Gasteiger charge is -2.15. The van der Waals surface area contributed by atoms with Crippen molar-refractivity contribution in [1.82, 2.24) is 9.97 Å². The number of amides is 1. The number of hydrogen-bond donors (Lipinski definition) is 3. The maximum atomic E-state index is 11.8. The van der Waals surface area contributed by atoms with Gasteiger partial charge in [0.25, 0.3) is 5.91 Å². The molecule has 6 nitrogen and oxygen atoms in total. The largest absolute Gasteiger partial charge is 0.364 e. The van der Waals surface area contributed by atoms with Crippen LogP contribution in [0.1, 0.15) is 60.5 Å². The van der Waals surface area contributed by atoms with Crippen LogP contribution in [0.3, 0.4) is 0 Å². The van der Waals surface area contributed by atoms with Crippen LogP contribution in [0, 0.1) is 0 Å². The first-order chi connectivity index (χ1) is 12.0. The molecule has 6 heteroatoms. The number of aromatic nitrogens is 2. The Morgan fingerprint density at radius 3 is 2.60 bits per heavy atom. The van der Waals surface area contributed by atoms with E-state index in [1.807, 2.05) is 31.2 Å². The predicted octanol–water partition coefficient (Wildman–Crippen LogP) is 2.90. The van der Waals surface area contributed by atoms with Gasteiger partial charge in [-0.3, -0.25) is 4.79 Å². The highest BCUT2D eigenvalue weighted by atomic mass is 16.1. The number of aryl methyl sites for hydroxylation is 2. The molecule has 0 bridgehead atoms. The van der Waals surface area contributed by atoms with Crippen LogP contribution in [-0.4, -0.2) is 22.4 Å². The Morgan fingerprint density at radius 2 is 2.00 bits per heavy atom. The first-order valence-corrected chi connectivity index (χ1v) is 8.76. The predicted molar refractivity (Wildman–Crippen MR) is 101 cm³/mol. The molecular formula is C19H27N5O. The number of nitrogens with one attached hydrogen (secondary N) is 1. The van der Waals surface area contributed by atoms with Crippen molar-refractivity contribution in [2.24, 2.45) is 11.5 Å². The van der Waals surface area contributed by atoms with E-state index < -0.39 is 5.91 Å². The van der Waals surface area contributed by atoms with Gasteiger partial charge in [0.05, 0.1) is 11.4 Å². The SMILES string of the molecule is CCCc1nc(Nc2cccc([C@@H](C)CN)c2)c(C(N)=O)nc1CC. The lowest BCUT2D eigenvalue weighted by molar-refractivity contribution is 0.0996. The van der Waals surface area contributed by atoms with E-state index >= 15 is 0 Å². The molecule has 25 heavy (non-hydrogen) atoms. The standard InChI is InChI=1S/C19H27N5O/c1-4-7-16-15(5-2)23-17(18(21)25)19(24-16)22-14-9-6-8-13(10-14)12(3)11-20/h6,8-10,12H,4-5,7,11,20H2,1-3H3,(H2,21,25)(H,22,24)/t12-/m0/s1. The number of nitrogens with zero attached hydrogens (tertiary/aromatic N) is 2. The van der Waals surface area contributed by atoms with Crippen LogP contribution in [-0.2, 0) is 12.8 Å². The molecule has 0 aliphatic carbocycles. The molecule has 0 spiro atoms. The highest BCUT2D eigenvalue weighted by Gasteiger charge is 2.17. The number of rotatable bonds is 8. The van der Waals surface area contributed by atoms with E-state index in [0.29, 0.717) is 18.8 Å². The Hall–Kier alpha value is -2.47. The average Bonchev–Trinajstić information content (AvgIpc) is 2.61. The molecule has 0 aliphatic rings. The summed E-state index contributed by atoms with van der Waals surface area (Å²) in [6.07, 6.45) is 2.49. The van der Waals surface area contributed by atoms with Crippen molar-refractivity contribution in [2.75, 3.05) is 11.9 Å². The van der Waals surface area contributed by atoms with Gasteiger partial charge < -0.3 is 16.8 Å². The Kier molecular flexibility index (Phi) is 6.47. The normalized spacial score (nSPS) is 12.0. The lowest BCUT2D eigenvalue weighted by Crippen LogP contribution is -2.19. The number of carbonyl (C=O) groups is 1. The number of carbonyl (C=O) groups excluding carboxylic acids is 1. The molecule has 0 unspecified atom stereocenters. The van der Waals surface area contributed by atoms with Gasteiger partial charge in [-0.2, -0.15) is 0 Å². The van der Waals surface area contributed by atoms with Crippen LogP contribution < -0.4 is 16.8 Å². The van der Waals surface area contributed by atoms with E-state index in [-0.39, 0.29) is 11.6 Å². The van der Waals surface area contributed by atoms with Gasteiger partial charge in [-0.1, -0.05) is 39.3 Å². The minimum atomic E-state index is -0.584. The van der Waals surface area contributed by atoms with E-state index in [2.05, 4.69) is 29.1 Å². The second-order valence-corrected chi connectivity index (χ2v) is 6.17. The fourth-order valence-electron chi connectivity index (χ4n) is 2.68. The molecule has 0 saturated carbocycles. The third-order valence-corrected chi connectivity index (χ3v) is 4.18. The first kappa shape index (κ1) is 18.9. The van der Waals surface area contributed by atoms with Crippen molar-refractivity contribution < 1.29 is 4.79 Å². The highest BCUT2D eigenvalue weighted by molar-refractivity contribution is 5.96. The number of hydrogen-bond acceptors (Lipinski definition) is 5. The Morgan fingerprint density at radius 1 is 1.24 bits per heavy atom. The Balaban J connectivity index is 2.43. The maximum absolute atomic E-state index is 11.8. The summed E-state index contributed by atoms with van der Waals surface area (Å²) in [6.45, 7) is 6.73. The average molecular weight is 341 g/mol. The maximum Gasteiger partial charge on any atom is 0.271 e. The summed E-state index contributed by atoms with van der Waals surface area (Å²) in [5.74, 6) is 0.0755. The van der Waals surface area contributed by atoms with Gasteiger partial charge >= 0.3 is 0 Å². The van der Waals surface area contributed by atoms with Gasteiger partial charge in [0.1, 0.15) is 0 Å². The highest BCUT2D eigenvalue weighted by Crippen LogP contribution is 2.23. The zero-order valence-corrected chi connectivity index (χ0v) is 15.2. The zero-order chi connectivity index (χ0) is 18.4. The van der Waals surface area contributed by atoms with Crippen molar-refractivity contribution in [3.63, 3.8) is 0 Å². The van der Waals surface area contributed by atoms with Crippen LogP contribution >= 0.6 is 0 Å². The van der Waals surface area contributed by atoms with Gasteiger partial charge in [0, 0.05) is 5.69 Å². The molecule has 2 rings (SSSR count). The smallest absolute Gasteiger partial charge is 0.271 e. The Bertz CT molecular complexity index is 745. The number of nitrogens with two attached hydrogens (primary N) is 2. The quantitative estimate of drug-likeness (QED) is 0.684. The summed E-state index contributed by atoms with van der Waals surface area (Å²) >= 11 is 0. The van der Waals surface area contributed by atoms with E-state index in [1.165, 1.54) is 0 Å². The summed E-state index contributed by atoms with van der Waals surface area (Å²) in [4.78, 5) is 20.9. The lowest BCUT2D eigenvalue weighted by atomic mass is 10.0. The molecule has 0 saturated heterocycles. The van der Waals surface area contributed by atoms with Crippen LogP contribution in [0.15, 0.2) is 24.3 Å². The van der Waals surface area contributed by atoms with E-state index in [1.54, 1.807) is 0 Å². The van der Waals surface area contributed by atoms with E-state index in [9.17, 15) is 4.79 Å². The van der Waals surface area contributed by atoms with E-state index in [4.69, 9.17) is 11.5 Å².